The van der Waals surface area contributed by atoms with E-state index in [4.69, 9.17) is 0 Å². The van der Waals surface area contributed by atoms with Gasteiger partial charge in [-0.15, -0.1) is 0 Å². The van der Waals surface area contributed by atoms with E-state index in [-0.39, 0.29) is 11.8 Å². The number of rotatable bonds is 5. The highest BCUT2D eigenvalue weighted by Gasteiger charge is 2.29. The van der Waals surface area contributed by atoms with Crippen molar-refractivity contribution in [3.05, 3.63) is 54.1 Å². The third kappa shape index (κ3) is 4.11. The summed E-state index contributed by atoms with van der Waals surface area (Å²) < 4.78 is 1.72. The number of anilines is 1. The summed E-state index contributed by atoms with van der Waals surface area (Å²) in [6, 6.07) is 9.34. The summed E-state index contributed by atoms with van der Waals surface area (Å²) in [5.74, 6) is 1.20. The molecule has 0 aliphatic carbocycles. The summed E-state index contributed by atoms with van der Waals surface area (Å²) in [6.07, 6.45) is 3.85. The quantitative estimate of drug-likeness (QED) is 0.478. The number of benzene rings is 1. The molecule has 33 heavy (non-hydrogen) atoms. The molecule has 1 fully saturated rings. The van der Waals surface area contributed by atoms with Crippen LogP contribution in [-0.4, -0.2) is 73.5 Å². The van der Waals surface area contributed by atoms with Crippen molar-refractivity contribution in [2.24, 2.45) is 0 Å². The first-order valence-corrected chi connectivity index (χ1v) is 11.0. The molecule has 10 nitrogen and oxygen atoms in total. The van der Waals surface area contributed by atoms with Gasteiger partial charge >= 0.3 is 0 Å². The molecular weight excluding hydrogens is 420 g/mol. The molecule has 0 bridgehead atoms. The summed E-state index contributed by atoms with van der Waals surface area (Å²) in [6.45, 7) is 5.80. The predicted octanol–water partition coefficient (Wildman–Crippen LogP) is 1.31. The maximum atomic E-state index is 13.4. The Balaban J connectivity index is 1.31. The van der Waals surface area contributed by atoms with Crippen LogP contribution in [0.5, 0.6) is 0 Å². The average molecular weight is 447 g/mol. The maximum absolute atomic E-state index is 13.4. The fourth-order valence-corrected chi connectivity index (χ4v) is 4.48. The lowest BCUT2D eigenvalue weighted by atomic mass is 10.0. The molecule has 3 aromatic heterocycles. The van der Waals surface area contributed by atoms with Crippen LogP contribution >= 0.6 is 0 Å². The molecule has 0 radical (unpaired) electrons. The highest BCUT2D eigenvalue weighted by atomic mass is 16.2. The van der Waals surface area contributed by atoms with Crippen molar-refractivity contribution in [1.82, 2.24) is 34.8 Å². The summed E-state index contributed by atoms with van der Waals surface area (Å²) in [7, 11) is 0. The fourth-order valence-electron chi connectivity index (χ4n) is 4.48. The molecule has 1 unspecified atom stereocenters. The highest BCUT2D eigenvalue weighted by Crippen LogP contribution is 2.21. The van der Waals surface area contributed by atoms with E-state index in [1.165, 1.54) is 13.3 Å². The summed E-state index contributed by atoms with van der Waals surface area (Å²) in [5, 5.41) is 8.21. The second-order valence-electron chi connectivity index (χ2n) is 8.36. The molecule has 5 rings (SSSR count). The van der Waals surface area contributed by atoms with Crippen LogP contribution in [0, 0.1) is 6.92 Å². The Kier molecular flexibility index (Phi) is 5.41. The molecule has 1 aliphatic heterocycles. The number of hydrogen-bond donors (Lipinski definition) is 2. The van der Waals surface area contributed by atoms with E-state index in [2.05, 4.69) is 30.3 Å². The van der Waals surface area contributed by atoms with E-state index in [1.807, 2.05) is 48.4 Å². The van der Waals surface area contributed by atoms with Crippen LogP contribution in [0.2, 0.25) is 0 Å². The lowest BCUT2D eigenvalue weighted by molar-refractivity contribution is -0.136. The van der Waals surface area contributed by atoms with Crippen molar-refractivity contribution in [1.29, 1.82) is 0 Å². The molecule has 10 heteroatoms. The number of aromatic amines is 1. The molecule has 2 amide bonds. The van der Waals surface area contributed by atoms with Crippen molar-refractivity contribution >= 4 is 34.3 Å². The Morgan fingerprint density at radius 1 is 1.18 bits per heavy atom. The predicted molar refractivity (Wildman–Crippen MR) is 124 cm³/mol. The number of fused-ring (bicyclic) bond motifs is 2. The Bertz CT molecular complexity index is 1320. The van der Waals surface area contributed by atoms with Gasteiger partial charge in [0.25, 0.3) is 5.78 Å². The Hall–Kier alpha value is -3.95. The minimum Gasteiger partial charge on any atom is -0.361 e. The van der Waals surface area contributed by atoms with Crippen LogP contribution < -0.4 is 10.2 Å². The first kappa shape index (κ1) is 20.9. The maximum Gasteiger partial charge on any atom is 0.254 e. The molecule has 0 spiro atoms. The highest BCUT2D eigenvalue weighted by molar-refractivity contribution is 5.89. The van der Waals surface area contributed by atoms with Crippen LogP contribution in [0.25, 0.3) is 16.7 Å². The van der Waals surface area contributed by atoms with Gasteiger partial charge < -0.3 is 20.1 Å². The van der Waals surface area contributed by atoms with Gasteiger partial charge in [-0.1, -0.05) is 18.2 Å². The lowest BCUT2D eigenvalue weighted by Crippen LogP contribution is -2.55. The lowest BCUT2D eigenvalue weighted by Gasteiger charge is -2.37. The van der Waals surface area contributed by atoms with Gasteiger partial charge in [-0.3, -0.25) is 9.59 Å². The SMILES string of the molecule is CC(=O)NC(Cc1c[nH]c2ccccc12)C(=O)N1CCN(c2cc(C)nc3ncnn23)CC1. The van der Waals surface area contributed by atoms with E-state index in [1.54, 1.807) is 4.52 Å². The van der Waals surface area contributed by atoms with Gasteiger partial charge in [-0.25, -0.2) is 4.98 Å². The van der Waals surface area contributed by atoms with Gasteiger partial charge in [0, 0.05) is 68.4 Å². The van der Waals surface area contributed by atoms with Gasteiger partial charge in [0.05, 0.1) is 0 Å². The zero-order chi connectivity index (χ0) is 22.9. The number of nitrogens with zero attached hydrogens (tertiary/aromatic N) is 6. The van der Waals surface area contributed by atoms with E-state index in [9.17, 15) is 9.59 Å². The molecular formula is C23H26N8O2. The molecule has 1 aromatic carbocycles. The Labute approximate surface area is 190 Å². The van der Waals surface area contributed by atoms with Gasteiger partial charge in [-0.2, -0.15) is 14.6 Å². The number of carbonyl (C=O) groups excluding carboxylic acids is 2. The molecule has 1 aliphatic rings. The monoisotopic (exact) mass is 446 g/mol. The number of carbonyl (C=O) groups is 2. The van der Waals surface area contributed by atoms with E-state index in [0.29, 0.717) is 38.4 Å². The van der Waals surface area contributed by atoms with Gasteiger partial charge in [0.2, 0.25) is 11.8 Å². The molecule has 4 heterocycles. The van der Waals surface area contributed by atoms with Crippen molar-refractivity contribution in [2.75, 3.05) is 31.1 Å². The Morgan fingerprint density at radius 2 is 1.97 bits per heavy atom. The third-order valence-electron chi connectivity index (χ3n) is 6.05. The van der Waals surface area contributed by atoms with Crippen LogP contribution in [0.15, 0.2) is 42.9 Å². The smallest absolute Gasteiger partial charge is 0.254 e. The minimum atomic E-state index is -0.613. The largest absolute Gasteiger partial charge is 0.361 e. The molecule has 0 saturated carbocycles. The average Bonchev–Trinajstić information content (AvgIpc) is 3.44. The molecule has 4 aromatic rings. The zero-order valence-electron chi connectivity index (χ0n) is 18.7. The number of aromatic nitrogens is 5. The number of amides is 2. The summed E-state index contributed by atoms with van der Waals surface area (Å²) in [5.41, 5.74) is 2.90. The standard InChI is InChI=1S/C23H26N8O2/c1-15-11-21(31-23(27-15)25-14-26-31)29-7-9-30(10-8-29)22(33)20(28-16(2)32)12-17-13-24-19-6-4-3-5-18(17)19/h3-6,11,13-14,20,24H,7-10,12H2,1-2H3,(H,28,32). The van der Waals surface area contributed by atoms with Crippen molar-refractivity contribution < 1.29 is 9.59 Å². The summed E-state index contributed by atoms with van der Waals surface area (Å²) in [4.78, 5) is 41.1. The van der Waals surface area contributed by atoms with Crippen LogP contribution in [-0.2, 0) is 16.0 Å². The number of H-pyrrole nitrogens is 1. The normalized spacial score (nSPS) is 15.2. The minimum absolute atomic E-state index is 0.0630. The number of piperazine rings is 1. The number of para-hydroxylation sites is 1. The second-order valence-corrected chi connectivity index (χ2v) is 8.36. The van der Waals surface area contributed by atoms with E-state index < -0.39 is 6.04 Å². The number of hydrogen-bond acceptors (Lipinski definition) is 6. The summed E-state index contributed by atoms with van der Waals surface area (Å²) >= 11 is 0. The third-order valence-corrected chi connectivity index (χ3v) is 6.05. The fraction of sp³-hybridized carbons (Fsp3) is 0.348. The van der Waals surface area contributed by atoms with Crippen molar-refractivity contribution in [3.63, 3.8) is 0 Å². The Morgan fingerprint density at radius 3 is 2.76 bits per heavy atom. The first-order valence-electron chi connectivity index (χ1n) is 11.0. The van der Waals surface area contributed by atoms with E-state index >= 15 is 0 Å². The molecule has 2 N–H and O–H groups in total. The van der Waals surface area contributed by atoms with Gasteiger partial charge in [-0.05, 0) is 18.6 Å². The van der Waals surface area contributed by atoms with Crippen molar-refractivity contribution in [2.45, 2.75) is 26.3 Å². The van der Waals surface area contributed by atoms with Gasteiger partial charge in [0.15, 0.2) is 0 Å². The number of nitrogens with one attached hydrogen (secondary N) is 2. The van der Waals surface area contributed by atoms with E-state index in [0.717, 1.165) is 28.0 Å². The molecule has 170 valence electrons. The van der Waals surface area contributed by atoms with Crippen molar-refractivity contribution in [3.8, 4) is 0 Å². The first-order chi connectivity index (χ1) is 16.0. The van der Waals surface area contributed by atoms with Crippen LogP contribution in [0.3, 0.4) is 0 Å². The van der Waals surface area contributed by atoms with Crippen LogP contribution in [0.4, 0.5) is 5.82 Å². The molecule has 1 saturated heterocycles. The topological polar surface area (TPSA) is 112 Å². The second kappa shape index (κ2) is 8.53. The van der Waals surface area contributed by atoms with Gasteiger partial charge in [0.1, 0.15) is 18.2 Å². The number of aryl methyl sites for hydroxylation is 1. The zero-order valence-corrected chi connectivity index (χ0v) is 18.7. The molecule has 1 atom stereocenters. The van der Waals surface area contributed by atoms with Crippen LogP contribution in [0.1, 0.15) is 18.2 Å².